The van der Waals surface area contributed by atoms with Crippen LogP contribution in [0.15, 0.2) is 36.4 Å². The van der Waals surface area contributed by atoms with Crippen LogP contribution in [0.2, 0.25) is 10.0 Å². The first-order chi connectivity index (χ1) is 13.2. The Labute approximate surface area is 171 Å². The van der Waals surface area contributed by atoms with Crippen molar-refractivity contribution in [2.45, 2.75) is 32.7 Å². The predicted molar refractivity (Wildman–Crippen MR) is 103 cm³/mol. The molecule has 3 rings (SSSR count). The molecule has 0 bridgehead atoms. The molecule has 28 heavy (non-hydrogen) atoms. The molecule has 0 saturated carbocycles. The maximum absolute atomic E-state index is 12.3. The quantitative estimate of drug-likeness (QED) is 0.336. The van der Waals surface area contributed by atoms with Crippen LogP contribution < -0.4 is 4.74 Å². The summed E-state index contributed by atoms with van der Waals surface area (Å²) < 4.78 is 16.5. The lowest BCUT2D eigenvalue weighted by molar-refractivity contribution is -0.386. The number of nitro benzene ring substituents is 1. The van der Waals surface area contributed by atoms with Gasteiger partial charge in [0.1, 0.15) is 11.5 Å². The van der Waals surface area contributed by atoms with Crippen molar-refractivity contribution in [3.8, 4) is 11.5 Å². The highest BCUT2D eigenvalue weighted by atomic mass is 35.5. The van der Waals surface area contributed by atoms with Crippen molar-refractivity contribution in [3.05, 3.63) is 62.1 Å². The molecule has 1 fully saturated rings. The van der Waals surface area contributed by atoms with Gasteiger partial charge in [-0.05, 0) is 36.2 Å². The summed E-state index contributed by atoms with van der Waals surface area (Å²) in [5.41, 5.74) is -0.203. The van der Waals surface area contributed by atoms with E-state index in [1.807, 2.05) is 13.8 Å². The number of ether oxygens (including phenoxy) is 3. The number of hydrogen-bond donors (Lipinski definition) is 0. The van der Waals surface area contributed by atoms with Gasteiger partial charge in [-0.1, -0.05) is 37.0 Å². The van der Waals surface area contributed by atoms with Crippen LogP contribution >= 0.6 is 23.2 Å². The highest BCUT2D eigenvalue weighted by Crippen LogP contribution is 2.39. The van der Waals surface area contributed by atoms with E-state index in [-0.39, 0.29) is 27.9 Å². The molecule has 0 radical (unpaired) electrons. The van der Waals surface area contributed by atoms with Crippen LogP contribution in [0.4, 0.5) is 5.69 Å². The first kappa shape index (κ1) is 20.4. The van der Waals surface area contributed by atoms with Gasteiger partial charge in [0.2, 0.25) is 6.29 Å². The molecule has 1 aliphatic rings. The van der Waals surface area contributed by atoms with Crippen molar-refractivity contribution in [2.75, 3.05) is 0 Å². The van der Waals surface area contributed by atoms with E-state index in [0.29, 0.717) is 17.2 Å². The minimum absolute atomic E-state index is 0.0591. The predicted octanol–water partition coefficient (Wildman–Crippen LogP) is 5.68. The molecular formula is C19H17Cl2NO6. The number of esters is 1. The van der Waals surface area contributed by atoms with Crippen LogP contribution in [0.3, 0.4) is 0 Å². The normalized spacial score (nSPS) is 19.0. The number of carbonyl (C=O) groups is 1. The number of cyclic esters (lactones) is 1. The molecule has 0 spiro atoms. The zero-order valence-electron chi connectivity index (χ0n) is 15.1. The summed E-state index contributed by atoms with van der Waals surface area (Å²) >= 11 is 12.0. The first-order valence-corrected chi connectivity index (χ1v) is 9.27. The van der Waals surface area contributed by atoms with E-state index in [0.717, 1.165) is 0 Å². The van der Waals surface area contributed by atoms with Gasteiger partial charge >= 0.3 is 5.97 Å². The Morgan fingerprint density at radius 1 is 1.21 bits per heavy atom. The lowest BCUT2D eigenvalue weighted by Crippen LogP contribution is -2.11. The van der Waals surface area contributed by atoms with E-state index >= 15 is 0 Å². The lowest BCUT2D eigenvalue weighted by atomic mass is 10.1. The largest absolute Gasteiger partial charge is 0.456 e. The summed E-state index contributed by atoms with van der Waals surface area (Å²) in [6.45, 7) is 3.91. The van der Waals surface area contributed by atoms with Crippen molar-refractivity contribution >= 4 is 34.9 Å². The maximum atomic E-state index is 12.3. The monoisotopic (exact) mass is 425 g/mol. The molecule has 1 heterocycles. The topological polar surface area (TPSA) is 87.9 Å². The zero-order chi connectivity index (χ0) is 20.4. The van der Waals surface area contributed by atoms with Gasteiger partial charge in [0.25, 0.3) is 5.69 Å². The van der Waals surface area contributed by atoms with Crippen molar-refractivity contribution in [1.82, 2.24) is 0 Å². The number of nitro groups is 1. The smallest absolute Gasteiger partial charge is 0.342 e. The van der Waals surface area contributed by atoms with Crippen molar-refractivity contribution < 1.29 is 23.9 Å². The fourth-order valence-electron chi connectivity index (χ4n) is 2.77. The summed E-state index contributed by atoms with van der Waals surface area (Å²) in [5, 5.41) is 12.2. The van der Waals surface area contributed by atoms with Gasteiger partial charge in [0.15, 0.2) is 6.10 Å². The lowest BCUT2D eigenvalue weighted by Gasteiger charge is -2.13. The molecule has 9 heteroatoms. The fourth-order valence-corrected chi connectivity index (χ4v) is 3.22. The summed E-state index contributed by atoms with van der Waals surface area (Å²) in [7, 11) is 0. The van der Waals surface area contributed by atoms with Crippen LogP contribution in [0.1, 0.15) is 31.9 Å². The second-order valence-corrected chi connectivity index (χ2v) is 7.51. The highest BCUT2D eigenvalue weighted by molar-refractivity contribution is 6.35. The second kappa shape index (κ2) is 8.34. The standard InChI is InChI=1S/C19H17Cl2NO6/c1-10(2)7-17-27-18(19(23)28-17)13-9-12(4-5-15(13)22(24)25)26-16-6-3-11(20)8-14(16)21/h3-6,8-10,17-18H,7H2,1-2H3. The summed E-state index contributed by atoms with van der Waals surface area (Å²) in [4.78, 5) is 23.1. The Bertz CT molecular complexity index is 917. The van der Waals surface area contributed by atoms with E-state index in [1.54, 1.807) is 12.1 Å². The molecule has 0 aliphatic carbocycles. The maximum Gasteiger partial charge on any atom is 0.342 e. The number of hydrogen-bond acceptors (Lipinski definition) is 6. The number of benzene rings is 2. The molecule has 2 aromatic carbocycles. The van der Waals surface area contributed by atoms with Crippen molar-refractivity contribution in [3.63, 3.8) is 0 Å². The highest BCUT2D eigenvalue weighted by Gasteiger charge is 2.40. The number of carbonyl (C=O) groups excluding carboxylic acids is 1. The van der Waals surface area contributed by atoms with Crippen LogP contribution in [0, 0.1) is 16.0 Å². The van der Waals surface area contributed by atoms with Gasteiger partial charge in [-0.25, -0.2) is 4.79 Å². The molecule has 0 amide bonds. The van der Waals surface area contributed by atoms with E-state index in [4.69, 9.17) is 37.4 Å². The average Bonchev–Trinajstić information content (AvgIpc) is 2.96. The molecule has 148 valence electrons. The molecule has 2 aromatic rings. The second-order valence-electron chi connectivity index (χ2n) is 6.67. The SMILES string of the molecule is CC(C)CC1OC(=O)C(c2cc(Oc3ccc(Cl)cc3Cl)ccc2[N+](=O)[O-])O1. The Kier molecular flexibility index (Phi) is 6.07. The van der Waals surface area contributed by atoms with Crippen LogP contribution in [0.25, 0.3) is 0 Å². The average molecular weight is 426 g/mol. The Balaban J connectivity index is 1.92. The minimum Gasteiger partial charge on any atom is -0.456 e. The third-order valence-electron chi connectivity index (χ3n) is 4.01. The van der Waals surface area contributed by atoms with E-state index in [2.05, 4.69) is 0 Å². The van der Waals surface area contributed by atoms with Gasteiger partial charge in [-0.2, -0.15) is 0 Å². The molecule has 2 unspecified atom stereocenters. The Morgan fingerprint density at radius 2 is 1.96 bits per heavy atom. The van der Waals surface area contributed by atoms with Gasteiger partial charge in [0, 0.05) is 17.5 Å². The number of nitrogens with zero attached hydrogens (tertiary/aromatic N) is 1. The van der Waals surface area contributed by atoms with Crippen molar-refractivity contribution in [1.29, 1.82) is 0 Å². The number of halogens is 2. The fraction of sp³-hybridized carbons (Fsp3) is 0.316. The summed E-state index contributed by atoms with van der Waals surface area (Å²) in [5.74, 6) is 0.135. The van der Waals surface area contributed by atoms with Crippen molar-refractivity contribution in [2.24, 2.45) is 5.92 Å². The molecule has 0 aromatic heterocycles. The first-order valence-electron chi connectivity index (χ1n) is 8.51. The van der Waals surface area contributed by atoms with Gasteiger partial charge in [0.05, 0.1) is 15.5 Å². The third-order valence-corrected chi connectivity index (χ3v) is 4.54. The van der Waals surface area contributed by atoms with Crippen LogP contribution in [0.5, 0.6) is 11.5 Å². The molecule has 1 aliphatic heterocycles. The minimum atomic E-state index is -1.20. The molecule has 1 saturated heterocycles. The van der Waals surface area contributed by atoms with E-state index in [1.165, 1.54) is 24.3 Å². The molecule has 7 nitrogen and oxygen atoms in total. The van der Waals surface area contributed by atoms with Crippen LogP contribution in [-0.2, 0) is 14.3 Å². The van der Waals surface area contributed by atoms with E-state index < -0.39 is 23.3 Å². The molecule has 2 atom stereocenters. The molecular weight excluding hydrogens is 409 g/mol. The van der Waals surface area contributed by atoms with Crippen LogP contribution in [-0.4, -0.2) is 17.2 Å². The third kappa shape index (κ3) is 4.55. The Hall–Kier alpha value is -2.35. The molecule has 0 N–H and O–H groups in total. The summed E-state index contributed by atoms with van der Waals surface area (Å²) in [6.07, 6.45) is -1.45. The van der Waals surface area contributed by atoms with Gasteiger partial charge in [-0.15, -0.1) is 0 Å². The van der Waals surface area contributed by atoms with E-state index in [9.17, 15) is 14.9 Å². The summed E-state index contributed by atoms with van der Waals surface area (Å²) in [6, 6.07) is 8.73. The number of rotatable bonds is 6. The zero-order valence-corrected chi connectivity index (χ0v) is 16.6. The Morgan fingerprint density at radius 3 is 2.61 bits per heavy atom. The van der Waals surface area contributed by atoms with Gasteiger partial charge < -0.3 is 14.2 Å². The van der Waals surface area contributed by atoms with Gasteiger partial charge in [-0.3, -0.25) is 10.1 Å².